The summed E-state index contributed by atoms with van der Waals surface area (Å²) in [6.07, 6.45) is -0.662. The Balaban J connectivity index is 2.66. The molecule has 2 aromatic rings. The van der Waals surface area contributed by atoms with Gasteiger partial charge in [-0.05, 0) is 45.0 Å². The second kappa shape index (κ2) is 7.76. The second-order valence-corrected chi connectivity index (χ2v) is 6.44. The molecule has 0 fully saturated rings. The Bertz CT molecular complexity index is 631. The summed E-state index contributed by atoms with van der Waals surface area (Å²) in [5.74, 6) is 0. The SMILES string of the molecule is [2H]C([2H])([2H])C[C@@H](O)C(C[C@@H](C)N(C)C)(c1ccccc1)c1ccccc1. The molecule has 1 N–H and O–H groups in total. The molecule has 0 aliphatic carbocycles. The van der Waals surface area contributed by atoms with Gasteiger partial charge in [-0.2, -0.15) is 0 Å². The first-order valence-electron chi connectivity index (χ1n) is 9.62. The van der Waals surface area contributed by atoms with E-state index in [0.29, 0.717) is 6.42 Å². The molecule has 0 amide bonds. The van der Waals surface area contributed by atoms with E-state index in [-0.39, 0.29) is 12.5 Å². The number of aliphatic hydroxyl groups excluding tert-OH is 1. The minimum absolute atomic E-state index is 0.154. The topological polar surface area (TPSA) is 23.5 Å². The van der Waals surface area contributed by atoms with Gasteiger partial charge in [0.2, 0.25) is 0 Å². The van der Waals surface area contributed by atoms with E-state index in [1.165, 1.54) is 0 Å². The van der Waals surface area contributed by atoms with Gasteiger partial charge in [0.1, 0.15) is 0 Å². The summed E-state index contributed by atoms with van der Waals surface area (Å²) in [6.45, 7) is -0.0989. The van der Waals surface area contributed by atoms with E-state index in [9.17, 15) is 5.11 Å². The summed E-state index contributed by atoms with van der Waals surface area (Å²) in [7, 11) is 4.00. The first-order valence-corrected chi connectivity index (χ1v) is 8.12. The second-order valence-electron chi connectivity index (χ2n) is 6.44. The van der Waals surface area contributed by atoms with E-state index >= 15 is 0 Å². The summed E-state index contributed by atoms with van der Waals surface area (Å²) in [6, 6.07) is 19.7. The summed E-state index contributed by atoms with van der Waals surface area (Å²) in [5.41, 5.74) is 1.09. The molecule has 23 heavy (non-hydrogen) atoms. The van der Waals surface area contributed by atoms with Crippen LogP contribution in [0.3, 0.4) is 0 Å². The Kier molecular flexibility index (Phi) is 4.64. The molecule has 0 aliphatic heterocycles. The molecule has 124 valence electrons. The lowest BCUT2D eigenvalue weighted by molar-refractivity contribution is 0.0773. The quantitative estimate of drug-likeness (QED) is 0.832. The van der Waals surface area contributed by atoms with Gasteiger partial charge in [0, 0.05) is 15.6 Å². The van der Waals surface area contributed by atoms with Crippen molar-refractivity contribution in [2.45, 2.75) is 44.2 Å². The minimum Gasteiger partial charge on any atom is -0.392 e. The van der Waals surface area contributed by atoms with Crippen molar-refractivity contribution in [3.63, 3.8) is 0 Å². The first kappa shape index (κ1) is 13.8. The third-order valence-electron chi connectivity index (χ3n) is 4.84. The van der Waals surface area contributed by atoms with Crippen molar-refractivity contribution < 1.29 is 9.22 Å². The molecule has 2 nitrogen and oxygen atoms in total. The van der Waals surface area contributed by atoms with Crippen molar-refractivity contribution in [1.29, 1.82) is 0 Å². The lowest BCUT2D eigenvalue weighted by Crippen LogP contribution is -2.45. The maximum atomic E-state index is 11.3. The Morgan fingerprint density at radius 3 is 1.87 bits per heavy atom. The van der Waals surface area contributed by atoms with Crippen molar-refractivity contribution in [3.8, 4) is 0 Å². The summed E-state index contributed by atoms with van der Waals surface area (Å²) in [5, 5.41) is 11.3. The van der Waals surface area contributed by atoms with Crippen LogP contribution >= 0.6 is 0 Å². The number of hydrogen-bond acceptors (Lipinski definition) is 2. The zero-order chi connectivity index (χ0) is 19.4. The Labute approximate surface area is 145 Å². The molecule has 2 heteroatoms. The highest BCUT2D eigenvalue weighted by Gasteiger charge is 2.41. The highest BCUT2D eigenvalue weighted by atomic mass is 16.3. The summed E-state index contributed by atoms with van der Waals surface area (Å²) in [4.78, 5) is 2.10. The molecule has 0 bridgehead atoms. The summed E-state index contributed by atoms with van der Waals surface area (Å²) < 4.78 is 23.1. The van der Waals surface area contributed by atoms with Crippen LogP contribution in [0.15, 0.2) is 60.7 Å². The third kappa shape index (κ3) is 3.65. The first-order chi connectivity index (χ1) is 12.2. The molecule has 0 unspecified atom stereocenters. The average molecular weight is 314 g/mol. The predicted octanol–water partition coefficient (Wildman–Crippen LogP) is 4.08. The van der Waals surface area contributed by atoms with E-state index in [1.807, 2.05) is 74.8 Å². The fourth-order valence-corrected chi connectivity index (χ4v) is 3.22. The zero-order valence-electron chi connectivity index (χ0n) is 17.2. The Morgan fingerprint density at radius 2 is 1.48 bits per heavy atom. The van der Waals surface area contributed by atoms with Gasteiger partial charge in [0.05, 0.1) is 6.10 Å². The fourth-order valence-electron chi connectivity index (χ4n) is 3.22. The van der Waals surface area contributed by atoms with E-state index in [0.717, 1.165) is 11.1 Å². The van der Waals surface area contributed by atoms with Crippen molar-refractivity contribution in [2.24, 2.45) is 0 Å². The van der Waals surface area contributed by atoms with Crippen LogP contribution in [0.5, 0.6) is 0 Å². The van der Waals surface area contributed by atoms with Gasteiger partial charge in [0.25, 0.3) is 0 Å². The lowest BCUT2D eigenvalue weighted by Gasteiger charge is -2.42. The number of rotatable bonds is 7. The highest BCUT2D eigenvalue weighted by molar-refractivity contribution is 5.41. The number of benzene rings is 2. The standard InChI is InChI=1S/C21H29NO/c1-5-20(23)21(16-17(2)22(3)4,18-12-8-6-9-13-18)19-14-10-7-11-15-19/h6-15,17,20,23H,5,16H2,1-4H3/t17-,20-/m1/s1/i1D3. The van der Waals surface area contributed by atoms with Crippen molar-refractivity contribution in [2.75, 3.05) is 14.1 Å². The smallest absolute Gasteiger partial charge is 0.0675 e. The molecular weight excluding hydrogens is 282 g/mol. The molecule has 0 aromatic heterocycles. The largest absolute Gasteiger partial charge is 0.392 e. The molecule has 2 aromatic carbocycles. The predicted molar refractivity (Wildman–Crippen MR) is 97.7 cm³/mol. The normalized spacial score (nSPS) is 17.2. The van der Waals surface area contributed by atoms with Gasteiger partial charge in [-0.1, -0.05) is 67.5 Å². The molecule has 0 heterocycles. The number of nitrogens with zero attached hydrogens (tertiary/aromatic N) is 1. The maximum Gasteiger partial charge on any atom is 0.0675 e. The van der Waals surface area contributed by atoms with Crippen LogP contribution in [0.4, 0.5) is 0 Å². The van der Waals surface area contributed by atoms with Gasteiger partial charge in [-0.15, -0.1) is 0 Å². The summed E-state index contributed by atoms with van der Waals surface area (Å²) >= 11 is 0. The van der Waals surface area contributed by atoms with Gasteiger partial charge >= 0.3 is 0 Å². The van der Waals surface area contributed by atoms with Crippen LogP contribution in [0.1, 0.15) is 41.9 Å². The molecule has 2 rings (SSSR count). The van der Waals surface area contributed by atoms with E-state index in [4.69, 9.17) is 4.11 Å². The molecular formula is C21H29NO. The maximum absolute atomic E-state index is 11.3. The van der Waals surface area contributed by atoms with Crippen LogP contribution in [-0.2, 0) is 5.41 Å². The molecule has 0 spiro atoms. The van der Waals surface area contributed by atoms with E-state index < -0.39 is 18.4 Å². The van der Waals surface area contributed by atoms with Crippen molar-refractivity contribution in [3.05, 3.63) is 71.8 Å². The van der Waals surface area contributed by atoms with Crippen LogP contribution in [0, 0.1) is 0 Å². The highest BCUT2D eigenvalue weighted by Crippen LogP contribution is 2.41. The Morgan fingerprint density at radius 1 is 1.00 bits per heavy atom. The van der Waals surface area contributed by atoms with Gasteiger partial charge in [-0.3, -0.25) is 0 Å². The van der Waals surface area contributed by atoms with Crippen molar-refractivity contribution in [1.82, 2.24) is 4.90 Å². The molecule has 0 saturated heterocycles. The van der Waals surface area contributed by atoms with E-state index in [2.05, 4.69) is 11.8 Å². The fraction of sp³-hybridized carbons (Fsp3) is 0.429. The van der Waals surface area contributed by atoms with Crippen LogP contribution in [-0.4, -0.2) is 36.2 Å². The molecule has 0 radical (unpaired) electrons. The van der Waals surface area contributed by atoms with Gasteiger partial charge < -0.3 is 10.0 Å². The molecule has 0 saturated carbocycles. The monoisotopic (exact) mass is 314 g/mol. The number of aliphatic hydroxyl groups is 1. The zero-order valence-corrected chi connectivity index (χ0v) is 14.2. The lowest BCUT2D eigenvalue weighted by atomic mass is 9.66. The van der Waals surface area contributed by atoms with Crippen molar-refractivity contribution >= 4 is 0 Å². The van der Waals surface area contributed by atoms with Crippen LogP contribution in [0.2, 0.25) is 0 Å². The third-order valence-corrected chi connectivity index (χ3v) is 4.84. The minimum atomic E-state index is -2.20. The average Bonchev–Trinajstić information content (AvgIpc) is 2.59. The van der Waals surface area contributed by atoms with Crippen LogP contribution < -0.4 is 0 Å². The molecule has 0 aliphatic rings. The van der Waals surface area contributed by atoms with Crippen LogP contribution in [0.25, 0.3) is 0 Å². The van der Waals surface area contributed by atoms with E-state index in [1.54, 1.807) is 0 Å². The van der Waals surface area contributed by atoms with Gasteiger partial charge in [-0.25, -0.2) is 0 Å². The number of hydrogen-bond donors (Lipinski definition) is 1. The molecule has 2 atom stereocenters. The Hall–Kier alpha value is -1.64. The van der Waals surface area contributed by atoms with Gasteiger partial charge in [0.15, 0.2) is 0 Å².